The van der Waals surface area contributed by atoms with E-state index in [-0.39, 0.29) is 11.7 Å². The van der Waals surface area contributed by atoms with Crippen LogP contribution < -0.4 is 5.32 Å². The molecule has 21 heavy (non-hydrogen) atoms. The molecule has 0 atom stereocenters. The molecule has 0 bridgehead atoms. The van der Waals surface area contributed by atoms with Gasteiger partial charge in [0.25, 0.3) is 5.91 Å². The van der Waals surface area contributed by atoms with Crippen LogP contribution in [0.3, 0.4) is 0 Å². The van der Waals surface area contributed by atoms with E-state index in [1.165, 1.54) is 12.1 Å². The first-order chi connectivity index (χ1) is 10.2. The Kier molecular flexibility index (Phi) is 3.39. The number of hydrogen-bond acceptors (Lipinski definition) is 3. The number of nitrogens with zero attached hydrogens (tertiary/aromatic N) is 1. The van der Waals surface area contributed by atoms with Gasteiger partial charge in [-0.25, -0.2) is 0 Å². The second kappa shape index (κ2) is 5.50. The number of phenolic OH excluding ortho intramolecular Hbond substituents is 1. The van der Waals surface area contributed by atoms with Crippen molar-refractivity contribution in [3.63, 3.8) is 0 Å². The lowest BCUT2D eigenvalue weighted by Gasteiger charge is -2.06. The minimum atomic E-state index is -0.264. The Hall–Kier alpha value is -3.08. The fourth-order valence-corrected chi connectivity index (χ4v) is 2.00. The summed E-state index contributed by atoms with van der Waals surface area (Å²) in [6.07, 6.45) is 1.69. The molecule has 1 amide bonds. The number of aromatic amines is 1. The SMILES string of the molecule is O=C(Nc1ccc(-c2ccn[nH]2)cc1)c1cccc(O)c1. The Balaban J connectivity index is 1.75. The third-order valence-electron chi connectivity index (χ3n) is 3.06. The van der Waals surface area contributed by atoms with Gasteiger partial charge in [-0.2, -0.15) is 5.10 Å². The lowest BCUT2D eigenvalue weighted by molar-refractivity contribution is 0.102. The topological polar surface area (TPSA) is 78.0 Å². The minimum Gasteiger partial charge on any atom is -0.508 e. The maximum absolute atomic E-state index is 12.0. The summed E-state index contributed by atoms with van der Waals surface area (Å²) >= 11 is 0. The largest absolute Gasteiger partial charge is 0.508 e. The van der Waals surface area contributed by atoms with Crippen LogP contribution in [0.1, 0.15) is 10.4 Å². The third kappa shape index (κ3) is 2.92. The maximum atomic E-state index is 12.0. The molecule has 5 heteroatoms. The van der Waals surface area contributed by atoms with Crippen LogP contribution in [0.2, 0.25) is 0 Å². The highest BCUT2D eigenvalue weighted by atomic mass is 16.3. The first-order valence-electron chi connectivity index (χ1n) is 6.42. The van der Waals surface area contributed by atoms with Gasteiger partial charge in [-0.15, -0.1) is 0 Å². The smallest absolute Gasteiger partial charge is 0.255 e. The molecule has 3 N–H and O–H groups in total. The van der Waals surface area contributed by atoms with Gasteiger partial charge in [-0.1, -0.05) is 18.2 Å². The molecule has 2 aromatic carbocycles. The molecule has 104 valence electrons. The van der Waals surface area contributed by atoms with Crippen molar-refractivity contribution in [2.45, 2.75) is 0 Å². The van der Waals surface area contributed by atoms with Crippen molar-refractivity contribution < 1.29 is 9.90 Å². The summed E-state index contributed by atoms with van der Waals surface area (Å²) in [5, 5.41) is 18.9. The number of nitrogens with one attached hydrogen (secondary N) is 2. The van der Waals surface area contributed by atoms with Gasteiger partial charge in [0.1, 0.15) is 5.75 Å². The van der Waals surface area contributed by atoms with Gasteiger partial charge in [0.05, 0.1) is 5.69 Å². The van der Waals surface area contributed by atoms with E-state index in [1.807, 2.05) is 30.3 Å². The highest BCUT2D eigenvalue weighted by Gasteiger charge is 2.07. The van der Waals surface area contributed by atoms with E-state index >= 15 is 0 Å². The number of benzene rings is 2. The first kappa shape index (κ1) is 12.9. The fourth-order valence-electron chi connectivity index (χ4n) is 2.00. The highest BCUT2D eigenvalue weighted by molar-refractivity contribution is 6.04. The number of anilines is 1. The van der Waals surface area contributed by atoms with Gasteiger partial charge < -0.3 is 10.4 Å². The van der Waals surface area contributed by atoms with E-state index in [9.17, 15) is 9.90 Å². The van der Waals surface area contributed by atoms with E-state index in [2.05, 4.69) is 15.5 Å². The number of hydrogen-bond donors (Lipinski definition) is 3. The average molecular weight is 279 g/mol. The second-order valence-electron chi connectivity index (χ2n) is 4.55. The molecule has 0 saturated carbocycles. The summed E-state index contributed by atoms with van der Waals surface area (Å²) in [6.45, 7) is 0. The molecule has 0 radical (unpaired) electrons. The molecule has 0 saturated heterocycles. The van der Waals surface area contributed by atoms with Gasteiger partial charge in [-0.3, -0.25) is 9.89 Å². The number of aromatic nitrogens is 2. The zero-order valence-corrected chi connectivity index (χ0v) is 11.1. The Labute approximate surface area is 121 Å². The number of carbonyl (C=O) groups excluding carboxylic acids is 1. The lowest BCUT2D eigenvalue weighted by atomic mass is 10.1. The molecule has 0 aliphatic carbocycles. The zero-order chi connectivity index (χ0) is 14.7. The van der Waals surface area contributed by atoms with Crippen molar-refractivity contribution >= 4 is 11.6 Å². The number of carbonyl (C=O) groups is 1. The monoisotopic (exact) mass is 279 g/mol. The van der Waals surface area contributed by atoms with Gasteiger partial charge in [0.15, 0.2) is 0 Å². The van der Waals surface area contributed by atoms with Crippen molar-refractivity contribution in [1.82, 2.24) is 10.2 Å². The molecule has 0 spiro atoms. The van der Waals surface area contributed by atoms with E-state index in [0.717, 1.165) is 11.3 Å². The van der Waals surface area contributed by atoms with Crippen molar-refractivity contribution in [1.29, 1.82) is 0 Å². The normalized spacial score (nSPS) is 10.3. The summed E-state index contributed by atoms with van der Waals surface area (Å²) in [5.41, 5.74) is 3.00. The lowest BCUT2D eigenvalue weighted by Crippen LogP contribution is -2.11. The van der Waals surface area contributed by atoms with Gasteiger partial charge in [0.2, 0.25) is 0 Å². The predicted molar refractivity (Wildman–Crippen MR) is 80.1 cm³/mol. The van der Waals surface area contributed by atoms with Gasteiger partial charge >= 0.3 is 0 Å². The summed E-state index contributed by atoms with van der Waals surface area (Å²) in [7, 11) is 0. The van der Waals surface area contributed by atoms with Crippen LogP contribution in [0.15, 0.2) is 60.8 Å². The number of phenols is 1. The maximum Gasteiger partial charge on any atom is 0.255 e. The summed E-state index contributed by atoms with van der Waals surface area (Å²) in [6, 6.07) is 15.5. The van der Waals surface area contributed by atoms with E-state index in [1.54, 1.807) is 18.3 Å². The van der Waals surface area contributed by atoms with E-state index < -0.39 is 0 Å². The third-order valence-corrected chi connectivity index (χ3v) is 3.06. The molecule has 0 aliphatic rings. The van der Waals surface area contributed by atoms with Crippen molar-refractivity contribution in [3.8, 4) is 17.0 Å². The predicted octanol–water partition coefficient (Wildman–Crippen LogP) is 3.03. The Morgan fingerprint density at radius 2 is 1.90 bits per heavy atom. The van der Waals surface area contributed by atoms with Crippen LogP contribution in [-0.2, 0) is 0 Å². The molecule has 1 aromatic heterocycles. The molecule has 0 fully saturated rings. The Morgan fingerprint density at radius 1 is 1.10 bits per heavy atom. The number of H-pyrrole nitrogens is 1. The van der Waals surface area contributed by atoms with Crippen LogP contribution >= 0.6 is 0 Å². The van der Waals surface area contributed by atoms with Crippen molar-refractivity contribution in [3.05, 3.63) is 66.4 Å². The van der Waals surface area contributed by atoms with Crippen LogP contribution in [0, 0.1) is 0 Å². The molecule has 5 nitrogen and oxygen atoms in total. The van der Waals surface area contributed by atoms with Crippen molar-refractivity contribution in [2.75, 3.05) is 5.32 Å². The van der Waals surface area contributed by atoms with Crippen molar-refractivity contribution in [2.24, 2.45) is 0 Å². The summed E-state index contributed by atoms with van der Waals surface area (Å²) in [5.74, 6) is -0.197. The number of aromatic hydroxyl groups is 1. The standard InChI is InChI=1S/C16H13N3O2/c20-14-3-1-2-12(10-14)16(21)18-13-6-4-11(5-7-13)15-8-9-17-19-15/h1-10,20H,(H,17,19)(H,18,21). The average Bonchev–Trinajstić information content (AvgIpc) is 3.02. The van der Waals surface area contributed by atoms with Crippen LogP contribution in [0.4, 0.5) is 5.69 Å². The quantitative estimate of drug-likeness (QED) is 0.689. The van der Waals surface area contributed by atoms with Crippen LogP contribution in [0.25, 0.3) is 11.3 Å². The Morgan fingerprint density at radius 3 is 2.57 bits per heavy atom. The first-order valence-corrected chi connectivity index (χ1v) is 6.42. The number of amides is 1. The Bertz CT molecular complexity index is 749. The molecular formula is C16H13N3O2. The van der Waals surface area contributed by atoms with Gasteiger partial charge in [-0.05, 0) is 42.0 Å². The van der Waals surface area contributed by atoms with Gasteiger partial charge in [0, 0.05) is 17.4 Å². The highest BCUT2D eigenvalue weighted by Crippen LogP contribution is 2.19. The minimum absolute atomic E-state index is 0.0669. The zero-order valence-electron chi connectivity index (χ0n) is 11.1. The summed E-state index contributed by atoms with van der Waals surface area (Å²) in [4.78, 5) is 12.0. The van der Waals surface area contributed by atoms with E-state index in [4.69, 9.17) is 0 Å². The fraction of sp³-hybridized carbons (Fsp3) is 0. The van der Waals surface area contributed by atoms with Crippen LogP contribution in [-0.4, -0.2) is 21.2 Å². The van der Waals surface area contributed by atoms with Crippen LogP contribution in [0.5, 0.6) is 5.75 Å². The molecule has 3 rings (SSSR count). The second-order valence-corrected chi connectivity index (χ2v) is 4.55. The molecule has 0 unspecified atom stereocenters. The summed E-state index contributed by atoms with van der Waals surface area (Å²) < 4.78 is 0. The van der Waals surface area contributed by atoms with E-state index in [0.29, 0.717) is 11.3 Å². The molecule has 0 aliphatic heterocycles. The number of rotatable bonds is 3. The molecule has 1 heterocycles. The molecular weight excluding hydrogens is 266 g/mol. The molecule has 3 aromatic rings.